The number of pyridine rings is 1. The lowest BCUT2D eigenvalue weighted by molar-refractivity contribution is -0.142. The molecule has 7 nitrogen and oxygen atoms in total. The number of nitrogens with zero attached hydrogens (tertiary/aromatic N) is 2. The first-order valence-corrected chi connectivity index (χ1v) is 9.79. The van der Waals surface area contributed by atoms with Crippen molar-refractivity contribution in [2.24, 2.45) is 5.92 Å². The van der Waals surface area contributed by atoms with E-state index in [1.54, 1.807) is 24.5 Å². The Morgan fingerprint density at radius 2 is 2.03 bits per heavy atom. The first-order chi connectivity index (χ1) is 14.2. The van der Waals surface area contributed by atoms with E-state index in [1.165, 1.54) is 7.11 Å². The molecule has 152 valence electrons. The smallest absolute Gasteiger partial charge is 0.337 e. The number of fused-ring (bicyclic) bond motifs is 1. The monoisotopic (exact) mass is 396 g/mol. The molecule has 0 radical (unpaired) electrons. The molecule has 0 bridgehead atoms. The molecule has 0 unspecified atom stereocenters. The Morgan fingerprint density at radius 3 is 2.76 bits per heavy atom. The van der Waals surface area contributed by atoms with Crippen molar-refractivity contribution in [3.8, 4) is 5.75 Å². The maximum absolute atomic E-state index is 13.4. The fourth-order valence-corrected chi connectivity index (χ4v) is 3.88. The molecule has 0 saturated carbocycles. The van der Waals surface area contributed by atoms with Gasteiger partial charge in [-0.15, -0.1) is 0 Å². The topological polar surface area (TPSA) is 78.0 Å². The molecule has 4 rings (SSSR count). The van der Waals surface area contributed by atoms with Crippen molar-refractivity contribution in [1.29, 1.82) is 0 Å². The highest BCUT2D eigenvalue weighted by atomic mass is 16.5. The Morgan fingerprint density at radius 1 is 1.21 bits per heavy atom. The number of carbonyl (C=O) groups excluding carboxylic acids is 2. The van der Waals surface area contributed by atoms with Gasteiger partial charge in [-0.2, -0.15) is 0 Å². The van der Waals surface area contributed by atoms with E-state index < -0.39 is 5.97 Å². The molecule has 0 spiro atoms. The molecule has 0 aliphatic carbocycles. The summed E-state index contributed by atoms with van der Waals surface area (Å²) in [5, 5.41) is 0. The highest BCUT2D eigenvalue weighted by Gasteiger charge is 2.34. The van der Waals surface area contributed by atoms with Crippen LogP contribution in [0.5, 0.6) is 5.75 Å². The molecule has 2 aromatic rings. The number of hydrogen-bond acceptors (Lipinski definition) is 6. The summed E-state index contributed by atoms with van der Waals surface area (Å²) in [4.78, 5) is 31.4. The van der Waals surface area contributed by atoms with E-state index in [2.05, 4.69) is 4.98 Å². The van der Waals surface area contributed by atoms with Crippen LogP contribution in [0.3, 0.4) is 0 Å². The Hall–Kier alpha value is -2.93. The zero-order valence-corrected chi connectivity index (χ0v) is 16.4. The summed E-state index contributed by atoms with van der Waals surface area (Å²) in [6, 6.07) is 8.78. The number of methoxy groups -OCH3 is 1. The Bertz CT molecular complexity index is 880. The molecule has 1 atom stereocenters. The van der Waals surface area contributed by atoms with Gasteiger partial charge in [0.05, 0.1) is 25.3 Å². The summed E-state index contributed by atoms with van der Waals surface area (Å²) < 4.78 is 16.3. The molecule has 0 N–H and O–H groups in total. The number of amides is 1. The summed E-state index contributed by atoms with van der Waals surface area (Å²) in [5.41, 5.74) is 2.21. The van der Waals surface area contributed by atoms with Crippen molar-refractivity contribution in [2.45, 2.75) is 25.4 Å². The molecule has 2 aliphatic rings. The van der Waals surface area contributed by atoms with Crippen LogP contribution < -0.4 is 4.74 Å². The minimum atomic E-state index is -0.417. The Kier molecular flexibility index (Phi) is 5.76. The van der Waals surface area contributed by atoms with Gasteiger partial charge in [-0.25, -0.2) is 4.79 Å². The van der Waals surface area contributed by atoms with Crippen molar-refractivity contribution in [3.63, 3.8) is 0 Å². The average Bonchev–Trinajstić information content (AvgIpc) is 2.98. The summed E-state index contributed by atoms with van der Waals surface area (Å²) in [6.45, 7) is 1.92. The lowest BCUT2D eigenvalue weighted by Crippen LogP contribution is -2.41. The molecule has 3 heterocycles. The van der Waals surface area contributed by atoms with Crippen molar-refractivity contribution in [3.05, 3.63) is 59.4 Å². The summed E-state index contributed by atoms with van der Waals surface area (Å²) in [5.74, 6) is 0.234. The van der Waals surface area contributed by atoms with Gasteiger partial charge in [0.2, 0.25) is 5.91 Å². The first-order valence-electron chi connectivity index (χ1n) is 9.79. The molecule has 1 aromatic carbocycles. The predicted molar refractivity (Wildman–Crippen MR) is 104 cm³/mol. The third-order valence-corrected chi connectivity index (χ3v) is 5.52. The number of rotatable bonds is 3. The van der Waals surface area contributed by atoms with Crippen LogP contribution >= 0.6 is 0 Å². The highest BCUT2D eigenvalue weighted by Crippen LogP contribution is 2.34. The maximum Gasteiger partial charge on any atom is 0.337 e. The van der Waals surface area contributed by atoms with E-state index in [0.29, 0.717) is 31.1 Å². The molecule has 29 heavy (non-hydrogen) atoms. The number of esters is 1. The van der Waals surface area contributed by atoms with E-state index >= 15 is 0 Å². The zero-order chi connectivity index (χ0) is 20.2. The lowest BCUT2D eigenvalue weighted by Gasteiger charge is -2.33. The second-order valence-electron chi connectivity index (χ2n) is 7.28. The van der Waals surface area contributed by atoms with E-state index in [0.717, 1.165) is 24.0 Å². The van der Waals surface area contributed by atoms with E-state index in [-0.39, 0.29) is 24.5 Å². The van der Waals surface area contributed by atoms with Crippen LogP contribution in [0.2, 0.25) is 0 Å². The minimum absolute atomic E-state index is 0.0567. The summed E-state index contributed by atoms with van der Waals surface area (Å²) in [6.07, 6.45) is 4.94. The van der Waals surface area contributed by atoms with Crippen LogP contribution in [0.4, 0.5) is 0 Å². The van der Waals surface area contributed by atoms with Gasteiger partial charge >= 0.3 is 5.97 Å². The van der Waals surface area contributed by atoms with E-state index in [1.807, 2.05) is 23.1 Å². The normalized spacial score (nSPS) is 19.6. The minimum Gasteiger partial charge on any atom is -0.491 e. The number of hydrogen-bond donors (Lipinski definition) is 0. The molecule has 1 saturated heterocycles. The largest absolute Gasteiger partial charge is 0.491 e. The molecular weight excluding hydrogens is 372 g/mol. The standard InChI is InChI=1S/C22H24N2O5/c1-27-22(26)16-4-5-18-13-24(21(25)15-6-9-28-10-7-15)19(14-29-20(18)11-16)17-3-2-8-23-12-17/h2-5,8,11-12,15,19H,6-7,9-10,13-14H2,1H3/t19-/m1/s1. The third-order valence-electron chi connectivity index (χ3n) is 5.52. The van der Waals surface area contributed by atoms with Gasteiger partial charge in [0, 0.05) is 37.1 Å². The fourth-order valence-electron chi connectivity index (χ4n) is 3.88. The second-order valence-corrected chi connectivity index (χ2v) is 7.28. The van der Waals surface area contributed by atoms with Crippen LogP contribution in [-0.4, -0.2) is 48.7 Å². The number of ether oxygens (including phenoxy) is 3. The van der Waals surface area contributed by atoms with Crippen molar-refractivity contribution in [2.75, 3.05) is 26.9 Å². The van der Waals surface area contributed by atoms with Gasteiger partial charge < -0.3 is 19.1 Å². The van der Waals surface area contributed by atoms with Crippen molar-refractivity contribution < 1.29 is 23.8 Å². The van der Waals surface area contributed by atoms with Crippen LogP contribution in [0.1, 0.15) is 40.4 Å². The van der Waals surface area contributed by atoms with Gasteiger partial charge in [0.25, 0.3) is 0 Å². The highest BCUT2D eigenvalue weighted by molar-refractivity contribution is 5.90. The van der Waals surface area contributed by atoms with Crippen molar-refractivity contribution >= 4 is 11.9 Å². The van der Waals surface area contributed by atoms with Gasteiger partial charge in [0.15, 0.2) is 0 Å². The van der Waals surface area contributed by atoms with Gasteiger partial charge in [0.1, 0.15) is 12.4 Å². The molecule has 2 aliphatic heterocycles. The zero-order valence-electron chi connectivity index (χ0n) is 16.4. The van der Waals surface area contributed by atoms with Crippen LogP contribution in [0, 0.1) is 5.92 Å². The van der Waals surface area contributed by atoms with E-state index in [9.17, 15) is 9.59 Å². The SMILES string of the molecule is COC(=O)c1ccc2c(c1)OC[C@H](c1cccnc1)N(C(=O)C1CCOCC1)C2. The average molecular weight is 396 g/mol. The number of benzene rings is 1. The number of carbonyl (C=O) groups is 2. The molecule has 1 fully saturated rings. The Labute approximate surface area is 169 Å². The van der Waals surface area contributed by atoms with Gasteiger partial charge in [-0.1, -0.05) is 12.1 Å². The lowest BCUT2D eigenvalue weighted by atomic mass is 9.96. The summed E-state index contributed by atoms with van der Waals surface area (Å²) >= 11 is 0. The molecular formula is C22H24N2O5. The van der Waals surface area contributed by atoms with Gasteiger partial charge in [-0.3, -0.25) is 9.78 Å². The molecule has 1 amide bonds. The van der Waals surface area contributed by atoms with Crippen LogP contribution in [-0.2, 0) is 20.8 Å². The van der Waals surface area contributed by atoms with Crippen molar-refractivity contribution in [1.82, 2.24) is 9.88 Å². The maximum atomic E-state index is 13.4. The first kappa shape index (κ1) is 19.4. The predicted octanol–water partition coefficient (Wildman–Crippen LogP) is 2.76. The van der Waals surface area contributed by atoms with Crippen LogP contribution in [0.15, 0.2) is 42.7 Å². The quantitative estimate of drug-likeness (QED) is 0.743. The number of aromatic nitrogens is 1. The summed E-state index contributed by atoms with van der Waals surface area (Å²) in [7, 11) is 1.35. The van der Waals surface area contributed by atoms with Gasteiger partial charge in [-0.05, 0) is 36.6 Å². The van der Waals surface area contributed by atoms with Crippen LogP contribution in [0.25, 0.3) is 0 Å². The third kappa shape index (κ3) is 4.10. The molecule has 7 heteroatoms. The fraction of sp³-hybridized carbons (Fsp3) is 0.409. The molecule has 1 aromatic heterocycles. The van der Waals surface area contributed by atoms with E-state index in [4.69, 9.17) is 14.2 Å². The second kappa shape index (κ2) is 8.61. The Balaban J connectivity index is 1.68.